The van der Waals surface area contributed by atoms with E-state index in [1.54, 1.807) is 23.5 Å². The number of rotatable bonds is 4. The van der Waals surface area contributed by atoms with Gasteiger partial charge in [0.15, 0.2) is 5.65 Å². The minimum Gasteiger partial charge on any atom is -0.352 e. The van der Waals surface area contributed by atoms with Crippen LogP contribution in [0.3, 0.4) is 0 Å². The van der Waals surface area contributed by atoms with Gasteiger partial charge in [-0.1, -0.05) is 30.3 Å². The van der Waals surface area contributed by atoms with E-state index in [9.17, 15) is 9.59 Å². The Morgan fingerprint density at radius 3 is 2.64 bits per heavy atom. The highest BCUT2D eigenvalue weighted by molar-refractivity contribution is 5.96. The lowest BCUT2D eigenvalue weighted by molar-refractivity contribution is -0.126. The number of carbonyl (C=O) groups excluding carboxylic acids is 2. The van der Waals surface area contributed by atoms with Gasteiger partial charge in [-0.3, -0.25) is 9.59 Å². The lowest BCUT2D eigenvalue weighted by Gasteiger charge is -2.31. The van der Waals surface area contributed by atoms with Gasteiger partial charge in [0.2, 0.25) is 5.91 Å². The molecule has 1 saturated heterocycles. The molecule has 0 atom stereocenters. The molecular formula is C21H23N5O2. The van der Waals surface area contributed by atoms with Crippen molar-refractivity contribution in [3.8, 4) is 0 Å². The van der Waals surface area contributed by atoms with E-state index in [0.29, 0.717) is 43.6 Å². The number of aromatic nitrogens is 3. The molecule has 0 aliphatic carbocycles. The fraction of sp³-hybridized carbons (Fsp3) is 0.333. The van der Waals surface area contributed by atoms with Crippen LogP contribution in [0.1, 0.15) is 28.8 Å². The van der Waals surface area contributed by atoms with Crippen molar-refractivity contribution in [3.63, 3.8) is 0 Å². The third-order valence-corrected chi connectivity index (χ3v) is 5.26. The zero-order valence-electron chi connectivity index (χ0n) is 15.8. The van der Waals surface area contributed by atoms with Gasteiger partial charge in [0.25, 0.3) is 5.91 Å². The van der Waals surface area contributed by atoms with Gasteiger partial charge in [-0.05, 0) is 24.5 Å². The van der Waals surface area contributed by atoms with Gasteiger partial charge < -0.3 is 14.8 Å². The lowest BCUT2D eigenvalue weighted by atomic mass is 9.95. The molecule has 2 aromatic heterocycles. The van der Waals surface area contributed by atoms with E-state index in [2.05, 4.69) is 15.3 Å². The molecule has 0 spiro atoms. The Morgan fingerprint density at radius 1 is 1.14 bits per heavy atom. The number of nitrogens with one attached hydrogen (secondary N) is 1. The molecule has 1 aliphatic rings. The summed E-state index contributed by atoms with van der Waals surface area (Å²) in [4.78, 5) is 35.6. The first-order chi connectivity index (χ1) is 13.6. The van der Waals surface area contributed by atoms with Crippen molar-refractivity contribution in [2.24, 2.45) is 13.0 Å². The number of hydrogen-bond acceptors (Lipinski definition) is 4. The lowest BCUT2D eigenvalue weighted by Crippen LogP contribution is -2.43. The van der Waals surface area contributed by atoms with E-state index in [0.717, 1.165) is 11.2 Å². The van der Waals surface area contributed by atoms with Crippen molar-refractivity contribution in [2.45, 2.75) is 19.4 Å². The van der Waals surface area contributed by atoms with Crippen LogP contribution in [0.2, 0.25) is 0 Å². The van der Waals surface area contributed by atoms with Gasteiger partial charge >= 0.3 is 0 Å². The molecule has 2 amide bonds. The first-order valence-corrected chi connectivity index (χ1v) is 9.50. The topological polar surface area (TPSA) is 80.1 Å². The predicted molar refractivity (Wildman–Crippen MR) is 105 cm³/mol. The Morgan fingerprint density at radius 2 is 1.89 bits per heavy atom. The molecule has 7 heteroatoms. The number of benzene rings is 1. The standard InChI is InChI=1S/C21H23N5O2/c1-25-14-24-18-11-17(13-22-19(18)25)21(28)26-9-7-16(8-10-26)20(27)23-12-15-5-3-2-4-6-15/h2-6,11,13-14,16H,7-10,12H2,1H3,(H,23,27). The molecule has 28 heavy (non-hydrogen) atoms. The van der Waals surface area contributed by atoms with Gasteiger partial charge in [-0.25, -0.2) is 9.97 Å². The highest BCUT2D eigenvalue weighted by Crippen LogP contribution is 2.20. The number of carbonyl (C=O) groups is 2. The summed E-state index contributed by atoms with van der Waals surface area (Å²) in [7, 11) is 1.87. The number of amides is 2. The fourth-order valence-corrected chi connectivity index (χ4v) is 3.59. The first kappa shape index (κ1) is 18.2. The average molecular weight is 377 g/mol. The zero-order chi connectivity index (χ0) is 19.5. The summed E-state index contributed by atoms with van der Waals surface area (Å²) < 4.78 is 1.82. The number of nitrogens with zero attached hydrogens (tertiary/aromatic N) is 4. The van der Waals surface area contributed by atoms with Crippen LogP contribution in [0.25, 0.3) is 11.2 Å². The molecule has 1 N–H and O–H groups in total. The fourth-order valence-electron chi connectivity index (χ4n) is 3.59. The molecule has 0 saturated carbocycles. The molecule has 0 bridgehead atoms. The Balaban J connectivity index is 1.32. The van der Waals surface area contributed by atoms with Crippen LogP contribution in [0.4, 0.5) is 0 Å². The third kappa shape index (κ3) is 3.74. The largest absolute Gasteiger partial charge is 0.352 e. The van der Waals surface area contributed by atoms with Crippen molar-refractivity contribution in [2.75, 3.05) is 13.1 Å². The summed E-state index contributed by atoms with van der Waals surface area (Å²) in [5, 5.41) is 3.00. The minimum absolute atomic E-state index is 0.0517. The Kier molecular flexibility index (Phi) is 5.06. The number of imidazole rings is 1. The molecular weight excluding hydrogens is 354 g/mol. The van der Waals surface area contributed by atoms with Crippen LogP contribution < -0.4 is 5.32 Å². The molecule has 4 rings (SSSR count). The summed E-state index contributed by atoms with van der Waals surface area (Å²) in [5.74, 6) is -0.0418. The maximum atomic E-state index is 12.8. The Bertz CT molecular complexity index is 990. The van der Waals surface area contributed by atoms with Gasteiger partial charge in [0.05, 0.1) is 11.9 Å². The summed E-state index contributed by atoms with van der Waals surface area (Å²) in [6, 6.07) is 11.6. The molecule has 3 aromatic rings. The average Bonchev–Trinajstić information content (AvgIpc) is 3.12. The SMILES string of the molecule is Cn1cnc2cc(C(=O)N3CCC(C(=O)NCc4ccccc4)CC3)cnc21. The predicted octanol–water partition coefficient (Wildman–Crippen LogP) is 2.14. The molecule has 3 heterocycles. The van der Waals surface area contributed by atoms with Crippen LogP contribution in [-0.2, 0) is 18.4 Å². The van der Waals surface area contributed by atoms with E-state index >= 15 is 0 Å². The van der Waals surface area contributed by atoms with E-state index in [-0.39, 0.29) is 17.7 Å². The number of fused-ring (bicyclic) bond motifs is 1. The van der Waals surface area contributed by atoms with Gasteiger partial charge in [0.1, 0.15) is 5.52 Å². The Labute approximate surface area is 163 Å². The summed E-state index contributed by atoms with van der Waals surface area (Å²) in [6.07, 6.45) is 4.63. The van der Waals surface area contributed by atoms with Crippen LogP contribution in [0, 0.1) is 5.92 Å². The number of hydrogen-bond donors (Lipinski definition) is 1. The third-order valence-electron chi connectivity index (χ3n) is 5.26. The smallest absolute Gasteiger partial charge is 0.255 e. The maximum absolute atomic E-state index is 12.8. The van der Waals surface area contributed by atoms with E-state index in [1.165, 1.54) is 0 Å². The molecule has 144 valence electrons. The first-order valence-electron chi connectivity index (χ1n) is 9.50. The minimum atomic E-state index is -0.0526. The summed E-state index contributed by atoms with van der Waals surface area (Å²) in [5.41, 5.74) is 3.09. The molecule has 0 radical (unpaired) electrons. The van der Waals surface area contributed by atoms with Crippen molar-refractivity contribution < 1.29 is 9.59 Å². The van der Waals surface area contributed by atoms with Crippen molar-refractivity contribution in [1.82, 2.24) is 24.8 Å². The van der Waals surface area contributed by atoms with Gasteiger partial charge in [-0.15, -0.1) is 0 Å². The van der Waals surface area contributed by atoms with Crippen LogP contribution in [0.5, 0.6) is 0 Å². The monoisotopic (exact) mass is 377 g/mol. The van der Waals surface area contributed by atoms with E-state index in [4.69, 9.17) is 0 Å². The van der Waals surface area contributed by atoms with Crippen molar-refractivity contribution >= 4 is 23.0 Å². The molecule has 7 nitrogen and oxygen atoms in total. The summed E-state index contributed by atoms with van der Waals surface area (Å²) >= 11 is 0. The molecule has 0 unspecified atom stereocenters. The number of aryl methyl sites for hydroxylation is 1. The highest BCUT2D eigenvalue weighted by Gasteiger charge is 2.28. The van der Waals surface area contributed by atoms with Crippen LogP contribution >= 0.6 is 0 Å². The quantitative estimate of drug-likeness (QED) is 0.755. The maximum Gasteiger partial charge on any atom is 0.255 e. The van der Waals surface area contributed by atoms with E-state index in [1.807, 2.05) is 41.9 Å². The number of piperidine rings is 1. The zero-order valence-corrected chi connectivity index (χ0v) is 15.8. The Hall–Kier alpha value is -3.22. The molecule has 1 aromatic carbocycles. The number of likely N-dealkylation sites (tertiary alicyclic amines) is 1. The molecule has 1 fully saturated rings. The second-order valence-electron chi connectivity index (χ2n) is 7.19. The number of pyridine rings is 1. The van der Waals surface area contributed by atoms with Crippen LogP contribution in [0.15, 0.2) is 48.9 Å². The van der Waals surface area contributed by atoms with Crippen LogP contribution in [-0.4, -0.2) is 44.3 Å². The molecule has 1 aliphatic heterocycles. The summed E-state index contributed by atoms with van der Waals surface area (Å²) in [6.45, 7) is 1.68. The highest BCUT2D eigenvalue weighted by atomic mass is 16.2. The van der Waals surface area contributed by atoms with E-state index < -0.39 is 0 Å². The normalized spacial score (nSPS) is 15.0. The second kappa shape index (κ2) is 7.80. The van der Waals surface area contributed by atoms with Gasteiger partial charge in [0, 0.05) is 38.8 Å². The van der Waals surface area contributed by atoms with Crippen molar-refractivity contribution in [3.05, 3.63) is 60.0 Å². The second-order valence-corrected chi connectivity index (χ2v) is 7.19. The van der Waals surface area contributed by atoms with Gasteiger partial charge in [-0.2, -0.15) is 0 Å². The van der Waals surface area contributed by atoms with Crippen molar-refractivity contribution in [1.29, 1.82) is 0 Å².